The van der Waals surface area contributed by atoms with E-state index >= 15 is 0 Å². The molecule has 0 spiro atoms. The Kier molecular flexibility index (Phi) is 7.35. The van der Waals surface area contributed by atoms with Crippen LogP contribution in [-0.4, -0.2) is 22.4 Å². The molecule has 4 aromatic rings. The van der Waals surface area contributed by atoms with Crippen LogP contribution in [-0.2, 0) is 0 Å². The van der Waals surface area contributed by atoms with E-state index < -0.39 is 0 Å². The van der Waals surface area contributed by atoms with E-state index in [4.69, 9.17) is 0 Å². The van der Waals surface area contributed by atoms with Crippen LogP contribution < -0.4 is 16.2 Å². The van der Waals surface area contributed by atoms with E-state index in [0.717, 1.165) is 5.69 Å². The Hall–Kier alpha value is -5.54. The van der Waals surface area contributed by atoms with Gasteiger partial charge in [0.25, 0.3) is 0 Å². The van der Waals surface area contributed by atoms with E-state index in [1.165, 1.54) is 6.21 Å². The largest absolute Gasteiger partial charge is 0.340 e. The minimum Gasteiger partial charge on any atom is -0.340 e. The summed E-state index contributed by atoms with van der Waals surface area (Å²) in [6.45, 7) is 0. The number of hydrogen-bond donors (Lipinski definition) is 3. The molecule has 0 saturated carbocycles. The van der Waals surface area contributed by atoms with Gasteiger partial charge in [-0.3, -0.25) is 5.43 Å². The quantitative estimate of drug-likeness (QED) is 0.254. The van der Waals surface area contributed by atoms with Gasteiger partial charge in [0.1, 0.15) is 5.82 Å². The molecule has 0 amide bonds. The minimum absolute atomic E-state index is 0.215. The third kappa shape index (κ3) is 6.25. The smallest absolute Gasteiger partial charge is 0.247 e. The second-order valence-corrected chi connectivity index (χ2v) is 7.09. The third-order valence-electron chi connectivity index (χ3n) is 4.69. The first kappa shape index (κ1) is 22.6. The molecule has 3 N–H and O–H groups in total. The zero-order chi connectivity index (χ0) is 24.3. The fraction of sp³-hybridized carbons (Fsp3) is 0. The first-order valence-electron chi connectivity index (χ1n) is 10.5. The van der Waals surface area contributed by atoms with Gasteiger partial charge in [-0.1, -0.05) is 54.6 Å². The summed E-state index contributed by atoms with van der Waals surface area (Å²) in [5, 5.41) is 30.1. The minimum atomic E-state index is 0.215. The maximum Gasteiger partial charge on any atom is 0.247 e. The van der Waals surface area contributed by atoms with E-state index in [2.05, 4.69) is 48.5 Å². The molecule has 0 saturated heterocycles. The van der Waals surface area contributed by atoms with Crippen molar-refractivity contribution in [1.82, 2.24) is 9.97 Å². The number of nitrogens with one attached hydrogen (secondary N) is 3. The van der Waals surface area contributed by atoms with Crippen LogP contribution in [0.15, 0.2) is 95.1 Å². The molecule has 3 aromatic carbocycles. The topological polar surface area (TPSA) is 134 Å². The van der Waals surface area contributed by atoms with Gasteiger partial charge < -0.3 is 5.32 Å². The second-order valence-electron chi connectivity index (χ2n) is 7.09. The molecule has 0 bridgehead atoms. The van der Waals surface area contributed by atoms with Gasteiger partial charge >= 0.3 is 0 Å². The van der Waals surface area contributed by atoms with Crippen molar-refractivity contribution in [3.8, 4) is 12.1 Å². The fourth-order valence-electron chi connectivity index (χ4n) is 3.04. The number of anilines is 4. The average molecular weight is 458 g/mol. The number of hydrazone groups is 2. The van der Waals surface area contributed by atoms with Crippen LogP contribution in [0.4, 0.5) is 23.3 Å². The summed E-state index contributed by atoms with van der Waals surface area (Å²) in [5.74, 6) is 1.13. The molecule has 9 heteroatoms. The van der Waals surface area contributed by atoms with Gasteiger partial charge in [0.2, 0.25) is 5.95 Å². The maximum absolute atomic E-state index is 9.25. The van der Waals surface area contributed by atoms with Gasteiger partial charge in [0.15, 0.2) is 5.82 Å². The van der Waals surface area contributed by atoms with Crippen molar-refractivity contribution in [1.29, 1.82) is 10.5 Å². The van der Waals surface area contributed by atoms with Crippen LogP contribution in [0, 0.1) is 22.7 Å². The molecule has 1 aromatic heterocycles. The number of para-hydroxylation sites is 1. The van der Waals surface area contributed by atoms with Gasteiger partial charge in [-0.15, -0.1) is 0 Å². The molecule has 0 aliphatic carbocycles. The van der Waals surface area contributed by atoms with Crippen molar-refractivity contribution < 1.29 is 0 Å². The van der Waals surface area contributed by atoms with Crippen LogP contribution in [0.1, 0.15) is 22.3 Å². The molecule has 0 fully saturated rings. The SMILES string of the molecule is N#Cc1ccccc1C=NNc1cc(Nc2ccccc2)nc(NN=Cc2ccccc2C#N)n1. The zero-order valence-electron chi connectivity index (χ0n) is 18.4. The van der Waals surface area contributed by atoms with Crippen molar-refractivity contribution in [2.45, 2.75) is 0 Å². The summed E-state index contributed by atoms with van der Waals surface area (Å²) in [6.07, 6.45) is 3.08. The lowest BCUT2D eigenvalue weighted by Crippen LogP contribution is -2.04. The molecule has 168 valence electrons. The molecule has 0 atom stereocenters. The zero-order valence-corrected chi connectivity index (χ0v) is 18.4. The summed E-state index contributed by atoms with van der Waals surface area (Å²) < 4.78 is 0. The van der Waals surface area contributed by atoms with E-state index in [0.29, 0.717) is 33.9 Å². The number of hydrogen-bond acceptors (Lipinski definition) is 9. The summed E-state index contributed by atoms with van der Waals surface area (Å²) in [7, 11) is 0. The lowest BCUT2D eigenvalue weighted by atomic mass is 10.1. The van der Waals surface area contributed by atoms with E-state index in [1.54, 1.807) is 48.7 Å². The second kappa shape index (κ2) is 11.4. The van der Waals surface area contributed by atoms with Crippen molar-refractivity contribution in [3.05, 3.63) is 107 Å². The molecule has 0 aliphatic rings. The van der Waals surface area contributed by atoms with E-state index in [-0.39, 0.29) is 5.95 Å². The van der Waals surface area contributed by atoms with Gasteiger partial charge in [-0.25, -0.2) is 5.43 Å². The molecular weight excluding hydrogens is 438 g/mol. The van der Waals surface area contributed by atoms with Crippen LogP contribution >= 0.6 is 0 Å². The fourth-order valence-corrected chi connectivity index (χ4v) is 3.04. The molecule has 35 heavy (non-hydrogen) atoms. The van der Waals surface area contributed by atoms with Crippen LogP contribution in [0.2, 0.25) is 0 Å². The first-order valence-corrected chi connectivity index (χ1v) is 10.5. The highest BCUT2D eigenvalue weighted by atomic mass is 15.4. The van der Waals surface area contributed by atoms with E-state index in [1.807, 2.05) is 42.5 Å². The van der Waals surface area contributed by atoms with Crippen molar-refractivity contribution in [2.24, 2.45) is 10.2 Å². The van der Waals surface area contributed by atoms with Crippen LogP contribution in [0.25, 0.3) is 0 Å². The molecule has 4 rings (SSSR count). The summed E-state index contributed by atoms with van der Waals surface area (Å²) in [5.41, 5.74) is 8.89. The molecule has 9 nitrogen and oxygen atoms in total. The Labute approximate surface area is 202 Å². The number of rotatable bonds is 8. The summed E-state index contributed by atoms with van der Waals surface area (Å²) >= 11 is 0. The van der Waals surface area contributed by atoms with Gasteiger partial charge in [0.05, 0.1) is 35.7 Å². The first-order chi connectivity index (χ1) is 17.2. The molecule has 0 unspecified atom stereocenters. The normalized spacial score (nSPS) is 10.6. The average Bonchev–Trinajstić information content (AvgIpc) is 2.90. The van der Waals surface area contributed by atoms with Gasteiger partial charge in [0, 0.05) is 22.9 Å². The summed E-state index contributed by atoms with van der Waals surface area (Å²) in [6, 6.07) is 29.8. The number of aromatic nitrogens is 2. The van der Waals surface area contributed by atoms with Gasteiger partial charge in [-0.05, 0) is 24.3 Å². The predicted octanol–water partition coefficient (Wildman–Crippen LogP) is 4.86. The Balaban J connectivity index is 1.56. The predicted molar refractivity (Wildman–Crippen MR) is 137 cm³/mol. The number of nitriles is 2. The molecular formula is C26H19N9. The Bertz CT molecular complexity index is 1360. The number of nitrogens with zero attached hydrogens (tertiary/aromatic N) is 6. The monoisotopic (exact) mass is 457 g/mol. The Morgan fingerprint density at radius 2 is 1.20 bits per heavy atom. The molecule has 0 radical (unpaired) electrons. The van der Waals surface area contributed by atoms with E-state index in [9.17, 15) is 10.5 Å². The highest BCUT2D eigenvalue weighted by Crippen LogP contribution is 2.19. The lowest BCUT2D eigenvalue weighted by molar-refractivity contribution is 1.10. The van der Waals surface area contributed by atoms with Crippen molar-refractivity contribution >= 4 is 35.7 Å². The molecule has 0 aliphatic heterocycles. The summed E-state index contributed by atoms with van der Waals surface area (Å²) in [4.78, 5) is 8.84. The maximum atomic E-state index is 9.25. The third-order valence-corrected chi connectivity index (χ3v) is 4.69. The molecule has 1 heterocycles. The lowest BCUT2D eigenvalue weighted by Gasteiger charge is -2.09. The van der Waals surface area contributed by atoms with Gasteiger partial charge in [-0.2, -0.15) is 30.7 Å². The Morgan fingerprint density at radius 1 is 0.657 bits per heavy atom. The standard InChI is InChI=1S/C26H19N9/c27-15-19-8-4-6-10-21(19)17-29-34-25-14-24(31-23-12-2-1-3-13-23)32-26(33-25)35-30-18-22-11-7-5-9-20(22)16-28/h1-14,17-18H,(H3,31,32,33,34,35). The van der Waals surface area contributed by atoms with Crippen molar-refractivity contribution in [2.75, 3.05) is 16.2 Å². The highest BCUT2D eigenvalue weighted by Gasteiger charge is 2.05. The van der Waals surface area contributed by atoms with Crippen LogP contribution in [0.3, 0.4) is 0 Å². The Morgan fingerprint density at radius 3 is 1.83 bits per heavy atom. The highest BCUT2D eigenvalue weighted by molar-refractivity contribution is 5.84. The van der Waals surface area contributed by atoms with Crippen LogP contribution in [0.5, 0.6) is 0 Å². The van der Waals surface area contributed by atoms with Crippen molar-refractivity contribution in [3.63, 3.8) is 0 Å². The number of benzene rings is 3.